The molecule has 2 aromatic carbocycles. The minimum atomic E-state index is -0.492. The number of likely N-dealkylation sites (tertiary alicyclic amines) is 1. The van der Waals surface area contributed by atoms with Gasteiger partial charge in [-0.25, -0.2) is 0 Å². The van der Waals surface area contributed by atoms with Gasteiger partial charge in [0.25, 0.3) is 11.6 Å². The van der Waals surface area contributed by atoms with E-state index < -0.39 is 4.92 Å². The second-order valence-corrected chi connectivity index (χ2v) is 7.13. The van der Waals surface area contributed by atoms with Gasteiger partial charge in [0, 0.05) is 30.2 Å². The molecule has 0 unspecified atom stereocenters. The number of nitrogens with zero attached hydrogens (tertiary/aromatic N) is 2. The SMILES string of the molecule is O=C(Cc1ccc([N+](=O)[O-])cc1)Nc1cc(Cl)ccc1C(=O)N1CCCCC1. The number of benzene rings is 2. The number of amides is 2. The van der Waals surface area contributed by atoms with E-state index in [0.29, 0.717) is 34.9 Å². The highest BCUT2D eigenvalue weighted by Crippen LogP contribution is 2.24. The molecule has 0 aliphatic carbocycles. The molecule has 28 heavy (non-hydrogen) atoms. The molecule has 8 heteroatoms. The summed E-state index contributed by atoms with van der Waals surface area (Å²) in [4.78, 5) is 37.3. The zero-order valence-corrected chi connectivity index (χ0v) is 15.9. The van der Waals surface area contributed by atoms with Crippen LogP contribution in [0.4, 0.5) is 11.4 Å². The number of nitro benzene ring substituents is 1. The summed E-state index contributed by atoms with van der Waals surface area (Å²) in [5.41, 5.74) is 1.38. The Kier molecular flexibility index (Phi) is 6.26. The summed E-state index contributed by atoms with van der Waals surface area (Å²) in [6.07, 6.45) is 3.09. The van der Waals surface area contributed by atoms with Gasteiger partial charge in [0.15, 0.2) is 0 Å². The van der Waals surface area contributed by atoms with Crippen LogP contribution in [0.5, 0.6) is 0 Å². The van der Waals surface area contributed by atoms with Gasteiger partial charge in [-0.15, -0.1) is 0 Å². The fourth-order valence-corrected chi connectivity index (χ4v) is 3.36. The van der Waals surface area contributed by atoms with Crippen LogP contribution in [0.25, 0.3) is 0 Å². The van der Waals surface area contributed by atoms with Crippen molar-refractivity contribution in [3.8, 4) is 0 Å². The van der Waals surface area contributed by atoms with Crippen molar-refractivity contribution in [1.29, 1.82) is 0 Å². The van der Waals surface area contributed by atoms with Crippen molar-refractivity contribution in [1.82, 2.24) is 4.90 Å². The van der Waals surface area contributed by atoms with E-state index in [1.165, 1.54) is 24.3 Å². The van der Waals surface area contributed by atoms with E-state index in [4.69, 9.17) is 11.6 Å². The monoisotopic (exact) mass is 401 g/mol. The van der Waals surface area contributed by atoms with Crippen molar-refractivity contribution < 1.29 is 14.5 Å². The van der Waals surface area contributed by atoms with Crippen LogP contribution in [0.3, 0.4) is 0 Å². The van der Waals surface area contributed by atoms with Crippen molar-refractivity contribution >= 4 is 34.8 Å². The summed E-state index contributed by atoms with van der Waals surface area (Å²) in [5, 5.41) is 13.9. The Hall–Kier alpha value is -2.93. The van der Waals surface area contributed by atoms with E-state index in [1.54, 1.807) is 23.1 Å². The van der Waals surface area contributed by atoms with E-state index >= 15 is 0 Å². The standard InChI is InChI=1S/C20H20ClN3O4/c21-15-6-9-17(20(26)23-10-2-1-3-11-23)18(13-15)22-19(25)12-14-4-7-16(8-5-14)24(27)28/h4-9,13H,1-3,10-12H2,(H,22,25). The minimum absolute atomic E-state index is 0.0296. The number of halogens is 1. The summed E-state index contributed by atoms with van der Waals surface area (Å²) >= 11 is 6.06. The third kappa shape index (κ3) is 4.86. The van der Waals surface area contributed by atoms with E-state index in [1.807, 2.05) is 0 Å². The van der Waals surface area contributed by atoms with Gasteiger partial charge in [0.05, 0.1) is 22.6 Å². The van der Waals surface area contributed by atoms with E-state index in [-0.39, 0.29) is 23.9 Å². The van der Waals surface area contributed by atoms with Crippen LogP contribution in [0, 0.1) is 10.1 Å². The van der Waals surface area contributed by atoms with Gasteiger partial charge < -0.3 is 10.2 Å². The van der Waals surface area contributed by atoms with Crippen molar-refractivity contribution in [3.05, 3.63) is 68.7 Å². The summed E-state index contributed by atoms with van der Waals surface area (Å²) < 4.78 is 0. The molecule has 2 aromatic rings. The second-order valence-electron chi connectivity index (χ2n) is 6.69. The molecule has 2 amide bonds. The first kappa shape index (κ1) is 19.8. The van der Waals surface area contributed by atoms with E-state index in [2.05, 4.69) is 5.32 Å². The Morgan fingerprint density at radius 2 is 1.75 bits per heavy atom. The van der Waals surface area contributed by atoms with Crippen LogP contribution in [0.2, 0.25) is 5.02 Å². The van der Waals surface area contributed by atoms with Crippen molar-refractivity contribution in [3.63, 3.8) is 0 Å². The molecule has 0 spiro atoms. The molecule has 0 radical (unpaired) electrons. The van der Waals surface area contributed by atoms with Gasteiger partial charge >= 0.3 is 0 Å². The molecule has 1 heterocycles. The summed E-state index contributed by atoms with van der Waals surface area (Å²) in [6.45, 7) is 1.41. The number of carbonyl (C=O) groups excluding carboxylic acids is 2. The van der Waals surface area contributed by atoms with E-state index in [0.717, 1.165) is 19.3 Å². The first-order valence-corrected chi connectivity index (χ1v) is 9.44. The Morgan fingerprint density at radius 1 is 1.07 bits per heavy atom. The molecule has 0 saturated carbocycles. The highest BCUT2D eigenvalue weighted by atomic mass is 35.5. The maximum absolute atomic E-state index is 12.8. The number of nitrogens with one attached hydrogen (secondary N) is 1. The minimum Gasteiger partial charge on any atom is -0.339 e. The Morgan fingerprint density at radius 3 is 2.39 bits per heavy atom. The van der Waals surface area contributed by atoms with Gasteiger partial charge in [0.2, 0.25) is 5.91 Å². The van der Waals surface area contributed by atoms with Crippen molar-refractivity contribution in [2.45, 2.75) is 25.7 Å². The first-order chi connectivity index (χ1) is 13.4. The number of nitro groups is 1. The Balaban J connectivity index is 1.73. The Bertz CT molecular complexity index is 893. The quantitative estimate of drug-likeness (QED) is 0.604. The van der Waals surface area contributed by atoms with Crippen molar-refractivity contribution in [2.24, 2.45) is 0 Å². The smallest absolute Gasteiger partial charge is 0.269 e. The molecule has 0 aromatic heterocycles. The maximum atomic E-state index is 12.8. The molecule has 3 rings (SSSR count). The maximum Gasteiger partial charge on any atom is 0.269 e. The zero-order chi connectivity index (χ0) is 20.1. The lowest BCUT2D eigenvalue weighted by atomic mass is 10.1. The molecule has 1 fully saturated rings. The molecule has 0 bridgehead atoms. The lowest BCUT2D eigenvalue weighted by Gasteiger charge is -2.27. The first-order valence-electron chi connectivity index (χ1n) is 9.06. The predicted molar refractivity (Wildman–Crippen MR) is 107 cm³/mol. The van der Waals surface area contributed by atoms with Gasteiger partial charge in [-0.2, -0.15) is 0 Å². The van der Waals surface area contributed by atoms with E-state index in [9.17, 15) is 19.7 Å². The normalized spacial score (nSPS) is 13.8. The summed E-state index contributed by atoms with van der Waals surface area (Å²) in [6, 6.07) is 10.6. The summed E-state index contributed by atoms with van der Waals surface area (Å²) in [5.74, 6) is -0.453. The molecule has 1 aliphatic rings. The third-order valence-electron chi connectivity index (χ3n) is 4.64. The van der Waals surface area contributed by atoms with Gasteiger partial charge in [0.1, 0.15) is 0 Å². The van der Waals surface area contributed by atoms with Gasteiger partial charge in [-0.3, -0.25) is 19.7 Å². The second kappa shape index (κ2) is 8.84. The Labute approximate surface area is 167 Å². The third-order valence-corrected chi connectivity index (χ3v) is 4.88. The topological polar surface area (TPSA) is 92.5 Å². The van der Waals surface area contributed by atoms with Gasteiger partial charge in [-0.1, -0.05) is 23.7 Å². The molecule has 1 aliphatic heterocycles. The highest BCUT2D eigenvalue weighted by molar-refractivity contribution is 6.31. The molecule has 1 N–H and O–H groups in total. The number of non-ortho nitro benzene ring substituents is 1. The number of hydrogen-bond acceptors (Lipinski definition) is 4. The summed E-state index contributed by atoms with van der Waals surface area (Å²) in [7, 11) is 0. The fraction of sp³-hybridized carbons (Fsp3) is 0.300. The van der Waals surface area contributed by atoms with Crippen molar-refractivity contribution in [2.75, 3.05) is 18.4 Å². The van der Waals surface area contributed by atoms with Gasteiger partial charge in [-0.05, 0) is 43.0 Å². The predicted octanol–water partition coefficient (Wildman–Crippen LogP) is 4.06. The van der Waals surface area contributed by atoms with Crippen LogP contribution >= 0.6 is 11.6 Å². The number of carbonyl (C=O) groups is 2. The molecule has 146 valence electrons. The number of piperidine rings is 1. The zero-order valence-electron chi connectivity index (χ0n) is 15.2. The molecular formula is C20H20ClN3O4. The average Bonchev–Trinajstić information content (AvgIpc) is 2.68. The number of anilines is 1. The van der Waals surface area contributed by atoms with Crippen LogP contribution < -0.4 is 5.32 Å². The van der Waals surface area contributed by atoms with Crippen LogP contribution in [-0.2, 0) is 11.2 Å². The fourth-order valence-electron chi connectivity index (χ4n) is 3.19. The van der Waals surface area contributed by atoms with Crippen LogP contribution in [0.15, 0.2) is 42.5 Å². The molecule has 0 atom stereocenters. The largest absolute Gasteiger partial charge is 0.339 e. The van der Waals surface area contributed by atoms with Crippen LogP contribution in [0.1, 0.15) is 35.2 Å². The molecule has 7 nitrogen and oxygen atoms in total. The lowest BCUT2D eigenvalue weighted by molar-refractivity contribution is -0.384. The number of rotatable bonds is 5. The highest BCUT2D eigenvalue weighted by Gasteiger charge is 2.22. The molecule has 1 saturated heterocycles. The number of hydrogen-bond donors (Lipinski definition) is 1. The van der Waals surface area contributed by atoms with Crippen LogP contribution in [-0.4, -0.2) is 34.7 Å². The average molecular weight is 402 g/mol. The lowest BCUT2D eigenvalue weighted by Crippen LogP contribution is -2.36. The molecular weight excluding hydrogens is 382 g/mol.